The van der Waals surface area contributed by atoms with Crippen LogP contribution in [0.25, 0.3) is 0 Å². The number of anilines is 1. The molecular formula is C24H25ClN2O5S. The molecule has 0 aliphatic carbocycles. The van der Waals surface area contributed by atoms with Crippen LogP contribution in [0.4, 0.5) is 5.69 Å². The van der Waals surface area contributed by atoms with E-state index in [2.05, 4.69) is 10.0 Å². The van der Waals surface area contributed by atoms with E-state index in [4.69, 9.17) is 21.1 Å². The zero-order valence-corrected chi connectivity index (χ0v) is 19.8. The summed E-state index contributed by atoms with van der Waals surface area (Å²) in [6.07, 6.45) is 0. The van der Waals surface area contributed by atoms with E-state index < -0.39 is 10.0 Å². The Balaban J connectivity index is 1.60. The van der Waals surface area contributed by atoms with Crippen molar-refractivity contribution in [3.63, 3.8) is 0 Å². The Bertz CT molecular complexity index is 1190. The van der Waals surface area contributed by atoms with Gasteiger partial charge in [0.15, 0.2) is 6.61 Å². The first-order valence-corrected chi connectivity index (χ1v) is 12.2. The van der Waals surface area contributed by atoms with Gasteiger partial charge in [0.1, 0.15) is 11.5 Å². The van der Waals surface area contributed by atoms with Gasteiger partial charge in [-0.3, -0.25) is 9.52 Å². The molecule has 1 amide bonds. The molecule has 0 saturated heterocycles. The lowest BCUT2D eigenvalue weighted by molar-refractivity contribution is -0.123. The molecule has 0 aromatic heterocycles. The summed E-state index contributed by atoms with van der Waals surface area (Å²) in [5.41, 5.74) is 1.36. The number of nitrogens with one attached hydrogen (secondary N) is 2. The first-order valence-electron chi connectivity index (χ1n) is 10.3. The maximum atomic E-state index is 12.7. The number of carbonyl (C=O) groups excluding carboxylic acids is 1. The predicted octanol–water partition coefficient (Wildman–Crippen LogP) is 4.80. The largest absolute Gasteiger partial charge is 0.494 e. The lowest BCUT2D eigenvalue weighted by Gasteiger charge is -2.15. The summed E-state index contributed by atoms with van der Waals surface area (Å²) in [6.45, 7) is 4.00. The topological polar surface area (TPSA) is 93.7 Å². The average Bonchev–Trinajstić information content (AvgIpc) is 2.80. The van der Waals surface area contributed by atoms with E-state index in [0.29, 0.717) is 18.0 Å². The van der Waals surface area contributed by atoms with E-state index in [9.17, 15) is 13.2 Å². The molecule has 0 saturated carbocycles. The van der Waals surface area contributed by atoms with Crippen molar-refractivity contribution in [3.05, 3.63) is 83.4 Å². The Labute approximate surface area is 198 Å². The zero-order valence-electron chi connectivity index (χ0n) is 18.2. The second-order valence-electron chi connectivity index (χ2n) is 7.14. The summed E-state index contributed by atoms with van der Waals surface area (Å²) >= 11 is 6.21. The molecule has 3 aromatic rings. The van der Waals surface area contributed by atoms with Gasteiger partial charge in [0.05, 0.1) is 22.6 Å². The van der Waals surface area contributed by atoms with Crippen molar-refractivity contribution in [3.8, 4) is 11.5 Å². The van der Waals surface area contributed by atoms with Crippen LogP contribution >= 0.6 is 11.6 Å². The van der Waals surface area contributed by atoms with Gasteiger partial charge in [0.2, 0.25) is 0 Å². The van der Waals surface area contributed by atoms with Gasteiger partial charge in [-0.2, -0.15) is 0 Å². The Kier molecular flexibility index (Phi) is 8.19. The third-order valence-corrected chi connectivity index (χ3v) is 6.34. The maximum absolute atomic E-state index is 12.7. The van der Waals surface area contributed by atoms with Crippen molar-refractivity contribution < 1.29 is 22.7 Å². The number of rotatable bonds is 10. The Morgan fingerprint density at radius 3 is 2.33 bits per heavy atom. The number of benzene rings is 3. The van der Waals surface area contributed by atoms with Crippen LogP contribution in [0.15, 0.2) is 77.7 Å². The van der Waals surface area contributed by atoms with Gasteiger partial charge in [-0.05, 0) is 61.9 Å². The van der Waals surface area contributed by atoms with Gasteiger partial charge in [-0.15, -0.1) is 0 Å². The summed E-state index contributed by atoms with van der Waals surface area (Å²) in [7, 11) is -3.87. The fourth-order valence-corrected chi connectivity index (χ4v) is 4.40. The second-order valence-corrected chi connectivity index (χ2v) is 9.23. The molecule has 7 nitrogen and oxygen atoms in total. The van der Waals surface area contributed by atoms with E-state index in [1.54, 1.807) is 24.3 Å². The number of ether oxygens (including phenoxy) is 2. The molecule has 2 N–H and O–H groups in total. The van der Waals surface area contributed by atoms with Crippen LogP contribution in [0.5, 0.6) is 11.5 Å². The van der Waals surface area contributed by atoms with Gasteiger partial charge in [0, 0.05) is 5.69 Å². The second kappa shape index (κ2) is 11.1. The molecule has 9 heteroatoms. The van der Waals surface area contributed by atoms with Crippen molar-refractivity contribution in [2.45, 2.75) is 24.8 Å². The molecule has 0 aliphatic rings. The van der Waals surface area contributed by atoms with Crippen LogP contribution in [-0.4, -0.2) is 27.5 Å². The van der Waals surface area contributed by atoms with Crippen molar-refractivity contribution in [1.29, 1.82) is 0 Å². The summed E-state index contributed by atoms with van der Waals surface area (Å²) < 4.78 is 38.7. The van der Waals surface area contributed by atoms with Gasteiger partial charge in [0.25, 0.3) is 15.9 Å². The first kappa shape index (κ1) is 24.4. The van der Waals surface area contributed by atoms with Gasteiger partial charge < -0.3 is 14.8 Å². The monoisotopic (exact) mass is 488 g/mol. The standard InChI is InChI=1S/C24H25ClN2O5S/c1-3-31-20-11-9-19(10-12-20)27-33(29,30)21-13-14-23(22(25)15-21)32-16-24(28)26-17(2)18-7-5-4-6-8-18/h4-15,17,27H,3,16H2,1-2H3,(H,26,28). The highest BCUT2D eigenvalue weighted by Crippen LogP contribution is 2.28. The number of amides is 1. The zero-order chi connectivity index (χ0) is 23.8. The van der Waals surface area contributed by atoms with Crippen LogP contribution in [0.2, 0.25) is 5.02 Å². The van der Waals surface area contributed by atoms with Crippen molar-refractivity contribution in [1.82, 2.24) is 5.32 Å². The first-order chi connectivity index (χ1) is 15.8. The minimum absolute atomic E-state index is 0.0316. The van der Waals surface area contributed by atoms with Crippen molar-refractivity contribution >= 4 is 33.2 Å². The maximum Gasteiger partial charge on any atom is 0.261 e. The fraction of sp³-hybridized carbons (Fsp3) is 0.208. The lowest BCUT2D eigenvalue weighted by atomic mass is 10.1. The minimum Gasteiger partial charge on any atom is -0.494 e. The number of hydrogen-bond acceptors (Lipinski definition) is 5. The summed E-state index contributed by atoms with van der Waals surface area (Å²) in [5, 5.41) is 2.92. The van der Waals surface area contributed by atoms with Gasteiger partial charge in [-0.1, -0.05) is 41.9 Å². The van der Waals surface area contributed by atoms with E-state index >= 15 is 0 Å². The number of halogens is 1. The SMILES string of the molecule is CCOc1ccc(NS(=O)(=O)c2ccc(OCC(=O)NC(C)c3ccccc3)c(Cl)c2)cc1. The molecule has 3 aromatic carbocycles. The highest BCUT2D eigenvalue weighted by molar-refractivity contribution is 7.92. The Hall–Kier alpha value is -3.23. The van der Waals surface area contributed by atoms with E-state index in [-0.39, 0.29) is 34.2 Å². The lowest BCUT2D eigenvalue weighted by Crippen LogP contribution is -2.31. The highest BCUT2D eigenvalue weighted by atomic mass is 35.5. The summed E-state index contributed by atoms with van der Waals surface area (Å²) in [6, 6.07) is 20.0. The molecule has 1 unspecified atom stereocenters. The normalized spacial score (nSPS) is 12.0. The van der Waals surface area contributed by atoms with E-state index in [1.165, 1.54) is 18.2 Å². The summed E-state index contributed by atoms with van der Waals surface area (Å²) in [4.78, 5) is 12.2. The quantitative estimate of drug-likeness (QED) is 0.427. The van der Waals surface area contributed by atoms with Crippen LogP contribution in [0.1, 0.15) is 25.5 Å². The number of sulfonamides is 1. The van der Waals surface area contributed by atoms with Gasteiger partial charge >= 0.3 is 0 Å². The molecule has 0 aliphatic heterocycles. The average molecular weight is 489 g/mol. The third-order valence-electron chi connectivity index (χ3n) is 4.67. The van der Waals surface area contributed by atoms with E-state index in [1.807, 2.05) is 44.2 Å². The highest BCUT2D eigenvalue weighted by Gasteiger charge is 2.17. The van der Waals surface area contributed by atoms with E-state index in [0.717, 1.165) is 5.56 Å². The fourth-order valence-electron chi connectivity index (χ4n) is 3.02. The smallest absolute Gasteiger partial charge is 0.261 e. The summed E-state index contributed by atoms with van der Waals surface area (Å²) in [5.74, 6) is 0.530. The molecule has 0 radical (unpaired) electrons. The van der Waals surface area contributed by atoms with Crippen LogP contribution in [0.3, 0.4) is 0 Å². The molecule has 1 atom stereocenters. The number of carbonyl (C=O) groups is 1. The Morgan fingerprint density at radius 1 is 1.00 bits per heavy atom. The van der Waals surface area contributed by atoms with Crippen LogP contribution in [0, 0.1) is 0 Å². The molecule has 3 rings (SSSR count). The van der Waals surface area contributed by atoms with Crippen LogP contribution in [-0.2, 0) is 14.8 Å². The third kappa shape index (κ3) is 6.87. The molecule has 0 fully saturated rings. The van der Waals surface area contributed by atoms with Gasteiger partial charge in [-0.25, -0.2) is 8.42 Å². The van der Waals surface area contributed by atoms with Crippen molar-refractivity contribution in [2.24, 2.45) is 0 Å². The molecule has 0 heterocycles. The molecular weight excluding hydrogens is 464 g/mol. The predicted molar refractivity (Wildman–Crippen MR) is 128 cm³/mol. The molecule has 33 heavy (non-hydrogen) atoms. The molecule has 174 valence electrons. The van der Waals surface area contributed by atoms with Crippen molar-refractivity contribution in [2.75, 3.05) is 17.9 Å². The minimum atomic E-state index is -3.87. The molecule has 0 spiro atoms. The molecule has 0 bridgehead atoms. The Morgan fingerprint density at radius 2 is 1.70 bits per heavy atom. The number of hydrogen-bond donors (Lipinski definition) is 2. The van der Waals surface area contributed by atoms with Crippen LogP contribution < -0.4 is 19.5 Å².